The summed E-state index contributed by atoms with van der Waals surface area (Å²) in [5, 5.41) is 0.525. The van der Waals surface area contributed by atoms with Crippen LogP contribution >= 0.6 is 23.4 Å². The van der Waals surface area contributed by atoms with Crippen molar-refractivity contribution >= 4 is 23.4 Å². The lowest BCUT2D eigenvalue weighted by Gasteiger charge is -2.09. The largest absolute Gasteiger partial charge is 0.493 e. The van der Waals surface area contributed by atoms with Gasteiger partial charge in [0.2, 0.25) is 12.5 Å². The second kappa shape index (κ2) is 4.96. The van der Waals surface area contributed by atoms with E-state index in [-0.39, 0.29) is 6.79 Å². The molecule has 0 aliphatic carbocycles. The quantitative estimate of drug-likeness (QED) is 0.791. The first-order valence-corrected chi connectivity index (χ1v) is 7.90. The topological polar surface area (TPSA) is 53.5 Å². The monoisotopic (exact) mass is 322 g/mol. The maximum Gasteiger partial charge on any atom is 0.231 e. The van der Waals surface area contributed by atoms with Gasteiger partial charge >= 0.3 is 0 Å². The molecule has 1 aromatic heterocycles. The maximum atomic E-state index is 6.26. The van der Waals surface area contributed by atoms with Gasteiger partial charge in [0, 0.05) is 22.6 Å². The average Bonchev–Trinajstić information content (AvgIpc) is 3.14. The summed E-state index contributed by atoms with van der Waals surface area (Å²) in [7, 11) is 1.59. The van der Waals surface area contributed by atoms with Gasteiger partial charge in [0.15, 0.2) is 17.3 Å². The number of aromatic nitrogens is 2. The van der Waals surface area contributed by atoms with Crippen LogP contribution in [0.5, 0.6) is 17.2 Å². The van der Waals surface area contributed by atoms with Crippen LogP contribution in [0.2, 0.25) is 5.15 Å². The molecule has 0 bridgehead atoms. The van der Waals surface area contributed by atoms with Crippen molar-refractivity contribution in [2.45, 2.75) is 11.5 Å². The number of methoxy groups -OCH3 is 1. The van der Waals surface area contributed by atoms with E-state index in [1.165, 1.54) is 0 Å². The predicted molar refractivity (Wildman–Crippen MR) is 80.2 cm³/mol. The fourth-order valence-electron chi connectivity index (χ4n) is 2.40. The molecule has 7 heteroatoms. The van der Waals surface area contributed by atoms with Gasteiger partial charge in [0.25, 0.3) is 0 Å². The number of hydrogen-bond acceptors (Lipinski definition) is 6. The van der Waals surface area contributed by atoms with E-state index in [0.717, 1.165) is 28.3 Å². The summed E-state index contributed by atoms with van der Waals surface area (Å²) in [6, 6.07) is 3.69. The van der Waals surface area contributed by atoms with Crippen molar-refractivity contribution in [3.8, 4) is 28.6 Å². The Morgan fingerprint density at radius 2 is 2.14 bits per heavy atom. The molecule has 2 aromatic rings. The Morgan fingerprint density at radius 3 is 3.00 bits per heavy atom. The highest BCUT2D eigenvalue weighted by Crippen LogP contribution is 2.44. The lowest BCUT2D eigenvalue weighted by atomic mass is 10.1. The summed E-state index contributed by atoms with van der Waals surface area (Å²) in [6.45, 7) is 0.192. The minimum atomic E-state index is 0.192. The number of nitrogens with zero attached hydrogens (tertiary/aromatic N) is 2. The molecule has 0 saturated carbocycles. The first kappa shape index (κ1) is 13.0. The van der Waals surface area contributed by atoms with E-state index in [9.17, 15) is 0 Å². The zero-order valence-corrected chi connectivity index (χ0v) is 12.8. The molecular formula is C14H11ClN2O3S. The van der Waals surface area contributed by atoms with Crippen molar-refractivity contribution in [1.29, 1.82) is 0 Å². The van der Waals surface area contributed by atoms with E-state index in [1.807, 2.05) is 12.1 Å². The Kier molecular flexibility index (Phi) is 3.08. The zero-order valence-electron chi connectivity index (χ0n) is 11.2. The molecule has 0 radical (unpaired) electrons. The first-order valence-electron chi connectivity index (χ1n) is 6.37. The van der Waals surface area contributed by atoms with Crippen LogP contribution in [0.4, 0.5) is 0 Å². The standard InChI is InChI=1S/C14H11ClN2O3S/c1-18-10-2-7(3-11-12(10)20-6-19-11)14-16-9-5-21-4-8(9)13(15)17-14/h2-3H,4-6H2,1H3. The lowest BCUT2D eigenvalue weighted by Crippen LogP contribution is -1.98. The molecule has 1 aromatic carbocycles. The zero-order chi connectivity index (χ0) is 14.4. The minimum absolute atomic E-state index is 0.192. The number of benzene rings is 1. The van der Waals surface area contributed by atoms with Crippen LogP contribution in [0.15, 0.2) is 12.1 Å². The summed E-state index contributed by atoms with van der Waals surface area (Å²) in [4.78, 5) is 9.02. The van der Waals surface area contributed by atoms with Crippen molar-refractivity contribution in [1.82, 2.24) is 9.97 Å². The number of ether oxygens (including phenoxy) is 3. The van der Waals surface area contributed by atoms with Crippen LogP contribution in [-0.4, -0.2) is 23.9 Å². The molecule has 0 fully saturated rings. The number of fused-ring (bicyclic) bond motifs is 2. The smallest absolute Gasteiger partial charge is 0.231 e. The van der Waals surface area contributed by atoms with Crippen LogP contribution in [0.1, 0.15) is 11.3 Å². The van der Waals surface area contributed by atoms with Crippen molar-refractivity contribution in [2.24, 2.45) is 0 Å². The van der Waals surface area contributed by atoms with Crippen LogP contribution in [-0.2, 0) is 11.5 Å². The minimum Gasteiger partial charge on any atom is -0.493 e. The number of halogens is 1. The summed E-state index contributed by atoms with van der Waals surface area (Å²) in [6.07, 6.45) is 0. The molecule has 5 nitrogen and oxygen atoms in total. The highest BCUT2D eigenvalue weighted by molar-refractivity contribution is 7.98. The molecule has 108 valence electrons. The molecule has 0 N–H and O–H groups in total. The molecule has 3 heterocycles. The molecule has 4 rings (SSSR count). The Morgan fingerprint density at radius 1 is 1.24 bits per heavy atom. The van der Waals surface area contributed by atoms with E-state index in [1.54, 1.807) is 18.9 Å². The number of hydrogen-bond donors (Lipinski definition) is 0. The third kappa shape index (κ3) is 2.10. The van der Waals surface area contributed by atoms with Crippen LogP contribution in [0.25, 0.3) is 11.4 Å². The molecular weight excluding hydrogens is 312 g/mol. The molecule has 0 atom stereocenters. The summed E-state index contributed by atoms with van der Waals surface area (Å²) < 4.78 is 16.2. The van der Waals surface area contributed by atoms with Gasteiger partial charge in [-0.1, -0.05) is 11.6 Å². The molecule has 21 heavy (non-hydrogen) atoms. The third-order valence-electron chi connectivity index (χ3n) is 3.44. The van der Waals surface area contributed by atoms with E-state index >= 15 is 0 Å². The van der Waals surface area contributed by atoms with Gasteiger partial charge in [-0.05, 0) is 12.1 Å². The van der Waals surface area contributed by atoms with Crippen molar-refractivity contribution in [2.75, 3.05) is 13.9 Å². The molecule has 2 aliphatic heterocycles. The van der Waals surface area contributed by atoms with E-state index < -0.39 is 0 Å². The molecule has 2 aliphatic rings. The third-order valence-corrected chi connectivity index (χ3v) is 4.73. The summed E-state index contributed by atoms with van der Waals surface area (Å²) in [5.74, 6) is 4.18. The number of thioether (sulfide) groups is 1. The summed E-state index contributed by atoms with van der Waals surface area (Å²) >= 11 is 8.06. The van der Waals surface area contributed by atoms with Crippen molar-refractivity contribution in [3.63, 3.8) is 0 Å². The van der Waals surface area contributed by atoms with Gasteiger partial charge in [-0.3, -0.25) is 0 Å². The van der Waals surface area contributed by atoms with Gasteiger partial charge in [-0.2, -0.15) is 11.8 Å². The first-order chi connectivity index (χ1) is 10.3. The Labute approximate surface area is 130 Å². The molecule has 0 amide bonds. The van der Waals surface area contributed by atoms with E-state index in [2.05, 4.69) is 9.97 Å². The summed E-state index contributed by atoms with van der Waals surface area (Å²) in [5.41, 5.74) is 2.85. The van der Waals surface area contributed by atoms with Gasteiger partial charge in [-0.25, -0.2) is 9.97 Å². The normalized spacial score (nSPS) is 15.1. The molecule has 0 unspecified atom stereocenters. The molecule has 0 spiro atoms. The van der Waals surface area contributed by atoms with E-state index in [0.29, 0.717) is 28.2 Å². The predicted octanol–water partition coefficient (Wildman–Crippen LogP) is 3.28. The second-order valence-corrected chi connectivity index (χ2v) is 6.01. The average molecular weight is 323 g/mol. The van der Waals surface area contributed by atoms with Gasteiger partial charge < -0.3 is 14.2 Å². The van der Waals surface area contributed by atoms with Gasteiger partial charge in [-0.15, -0.1) is 0 Å². The second-order valence-electron chi connectivity index (χ2n) is 4.67. The Hall–Kier alpha value is -1.66. The van der Waals surface area contributed by atoms with Crippen LogP contribution in [0.3, 0.4) is 0 Å². The SMILES string of the molecule is COc1cc(-c2nc(Cl)c3c(n2)CSC3)cc2c1OCO2. The number of rotatable bonds is 2. The Bertz CT molecular complexity index is 739. The van der Waals surface area contributed by atoms with E-state index in [4.69, 9.17) is 25.8 Å². The van der Waals surface area contributed by atoms with Crippen LogP contribution < -0.4 is 14.2 Å². The van der Waals surface area contributed by atoms with Crippen molar-refractivity contribution < 1.29 is 14.2 Å². The fraction of sp³-hybridized carbons (Fsp3) is 0.286. The highest BCUT2D eigenvalue weighted by Gasteiger charge is 2.23. The Balaban J connectivity index is 1.86. The molecule has 0 saturated heterocycles. The highest BCUT2D eigenvalue weighted by atomic mass is 35.5. The maximum absolute atomic E-state index is 6.26. The lowest BCUT2D eigenvalue weighted by molar-refractivity contribution is 0.171. The van der Waals surface area contributed by atoms with Crippen molar-refractivity contribution in [3.05, 3.63) is 28.5 Å². The van der Waals surface area contributed by atoms with Gasteiger partial charge in [0.1, 0.15) is 5.15 Å². The van der Waals surface area contributed by atoms with Gasteiger partial charge in [0.05, 0.1) is 12.8 Å². The van der Waals surface area contributed by atoms with Crippen LogP contribution in [0, 0.1) is 0 Å². The fourth-order valence-corrected chi connectivity index (χ4v) is 3.78.